The number of benzene rings is 2. The molecule has 2 aromatic carbocycles. The third kappa shape index (κ3) is 3.95. The van der Waals surface area contributed by atoms with Crippen molar-refractivity contribution in [3.05, 3.63) is 64.3 Å². The summed E-state index contributed by atoms with van der Waals surface area (Å²) >= 11 is 5.28. The first-order valence-corrected chi connectivity index (χ1v) is 10.4. The van der Waals surface area contributed by atoms with Gasteiger partial charge in [-0.15, -0.1) is 0 Å². The lowest BCUT2D eigenvalue weighted by atomic mass is 10.1. The lowest BCUT2D eigenvalue weighted by molar-refractivity contribution is -0.123. The summed E-state index contributed by atoms with van der Waals surface area (Å²) in [5.41, 5.74) is 3.28. The van der Waals surface area contributed by atoms with Crippen molar-refractivity contribution in [2.24, 2.45) is 0 Å². The molecule has 1 amide bonds. The number of carbonyl (C=O) groups excluding carboxylic acids is 1. The molecule has 1 aliphatic heterocycles. The van der Waals surface area contributed by atoms with Crippen LogP contribution in [0.1, 0.15) is 17.2 Å². The van der Waals surface area contributed by atoms with Gasteiger partial charge in [-0.2, -0.15) is 16.9 Å². The zero-order valence-electron chi connectivity index (χ0n) is 14.0. The van der Waals surface area contributed by atoms with Crippen LogP contribution >= 0.6 is 27.7 Å². The summed E-state index contributed by atoms with van der Waals surface area (Å²) in [5.74, 6) is 1.81. The summed E-state index contributed by atoms with van der Waals surface area (Å²) < 4.78 is 1.06. The highest BCUT2D eigenvalue weighted by molar-refractivity contribution is 9.10. The van der Waals surface area contributed by atoms with E-state index < -0.39 is 0 Å². The molecule has 4 rings (SSSR count). The molecule has 7 heteroatoms. The molecule has 1 aliphatic rings. The largest absolute Gasteiger partial charge is 0.351 e. The molecule has 2 heterocycles. The third-order valence-corrected chi connectivity index (χ3v) is 6.20. The molecular formula is C19H19BrN4OS. The molecule has 0 saturated carbocycles. The Balaban J connectivity index is 1.37. The van der Waals surface area contributed by atoms with Gasteiger partial charge in [0.1, 0.15) is 0 Å². The molecule has 134 valence electrons. The minimum atomic E-state index is -0.181. The van der Waals surface area contributed by atoms with E-state index in [1.54, 1.807) is 6.20 Å². The molecule has 0 bridgehead atoms. The van der Waals surface area contributed by atoms with Gasteiger partial charge in [-0.25, -0.2) is 0 Å². The SMILES string of the molecule is O=C(NCc1ccc2[nH]ncc2c1)[C@@H]1CSCC(c2ccc(Br)cc2)N1. The van der Waals surface area contributed by atoms with Gasteiger partial charge in [-0.05, 0) is 35.4 Å². The number of carbonyl (C=O) groups is 1. The Morgan fingerprint density at radius 2 is 2.08 bits per heavy atom. The number of nitrogens with zero attached hydrogens (tertiary/aromatic N) is 1. The van der Waals surface area contributed by atoms with Crippen molar-refractivity contribution in [1.82, 2.24) is 20.8 Å². The Bertz CT molecular complexity index is 911. The lowest BCUT2D eigenvalue weighted by Crippen LogP contribution is -2.50. The topological polar surface area (TPSA) is 69.8 Å². The van der Waals surface area contributed by atoms with Gasteiger partial charge in [-0.3, -0.25) is 15.2 Å². The number of hydrogen-bond acceptors (Lipinski definition) is 4. The number of nitrogens with one attached hydrogen (secondary N) is 3. The highest BCUT2D eigenvalue weighted by Gasteiger charge is 2.27. The van der Waals surface area contributed by atoms with Crippen LogP contribution in [0.25, 0.3) is 10.9 Å². The van der Waals surface area contributed by atoms with Crippen LogP contribution in [0.3, 0.4) is 0 Å². The first-order valence-electron chi connectivity index (χ1n) is 8.48. The maximum Gasteiger partial charge on any atom is 0.238 e. The summed E-state index contributed by atoms with van der Waals surface area (Å²) in [5, 5.41) is 14.6. The standard InChI is InChI=1S/C19H19BrN4OS/c20-15-4-2-13(3-5-15)17-10-26-11-18(23-17)19(25)21-8-12-1-6-16-14(7-12)9-22-24-16/h1-7,9,17-18,23H,8,10-11H2,(H,21,25)(H,22,24)/t17?,18-/m0/s1. The van der Waals surface area contributed by atoms with Gasteiger partial charge < -0.3 is 5.32 Å². The number of hydrogen-bond donors (Lipinski definition) is 3. The zero-order chi connectivity index (χ0) is 17.9. The molecule has 0 aliphatic carbocycles. The summed E-state index contributed by atoms with van der Waals surface area (Å²) in [6.45, 7) is 0.520. The van der Waals surface area contributed by atoms with Gasteiger partial charge in [0, 0.05) is 34.0 Å². The smallest absolute Gasteiger partial charge is 0.238 e. The second kappa shape index (κ2) is 7.82. The summed E-state index contributed by atoms with van der Waals surface area (Å²) in [6.07, 6.45) is 1.79. The number of thioether (sulfide) groups is 1. The van der Waals surface area contributed by atoms with E-state index in [0.717, 1.165) is 32.4 Å². The minimum absolute atomic E-state index is 0.0478. The Hall–Kier alpha value is -1.83. The first-order chi connectivity index (χ1) is 12.7. The Morgan fingerprint density at radius 1 is 1.23 bits per heavy atom. The van der Waals surface area contributed by atoms with Crippen LogP contribution in [-0.4, -0.2) is 33.7 Å². The lowest BCUT2D eigenvalue weighted by Gasteiger charge is -2.30. The van der Waals surface area contributed by atoms with Gasteiger partial charge in [0.05, 0.1) is 17.8 Å². The van der Waals surface area contributed by atoms with Gasteiger partial charge in [0.15, 0.2) is 0 Å². The second-order valence-corrected chi connectivity index (χ2v) is 8.36. The average molecular weight is 431 g/mol. The van der Waals surface area contributed by atoms with Crippen molar-refractivity contribution < 1.29 is 4.79 Å². The van der Waals surface area contributed by atoms with Crippen molar-refractivity contribution in [2.75, 3.05) is 11.5 Å². The fourth-order valence-corrected chi connectivity index (χ4v) is 4.50. The van der Waals surface area contributed by atoms with E-state index in [1.165, 1.54) is 5.56 Å². The Labute approximate surface area is 164 Å². The Kier molecular flexibility index (Phi) is 5.28. The van der Waals surface area contributed by atoms with Crippen molar-refractivity contribution in [3.8, 4) is 0 Å². The molecule has 2 atom stereocenters. The number of H-pyrrole nitrogens is 1. The van der Waals surface area contributed by atoms with Crippen molar-refractivity contribution in [3.63, 3.8) is 0 Å². The predicted molar refractivity (Wildman–Crippen MR) is 109 cm³/mol. The molecule has 3 aromatic rings. The predicted octanol–water partition coefficient (Wildman–Crippen LogP) is 3.39. The summed E-state index contributed by atoms with van der Waals surface area (Å²) in [4.78, 5) is 12.6. The van der Waals surface area contributed by atoms with Crippen molar-refractivity contribution >= 4 is 44.5 Å². The van der Waals surface area contributed by atoms with E-state index in [-0.39, 0.29) is 18.0 Å². The number of rotatable bonds is 4. The van der Waals surface area contributed by atoms with E-state index in [0.29, 0.717) is 6.54 Å². The molecule has 1 unspecified atom stereocenters. The van der Waals surface area contributed by atoms with Crippen LogP contribution in [0.4, 0.5) is 0 Å². The van der Waals surface area contributed by atoms with E-state index in [2.05, 4.69) is 48.9 Å². The number of aromatic amines is 1. The van der Waals surface area contributed by atoms with E-state index in [1.807, 2.05) is 42.1 Å². The molecule has 0 radical (unpaired) electrons. The van der Waals surface area contributed by atoms with Crippen LogP contribution in [0.5, 0.6) is 0 Å². The number of halogens is 1. The zero-order valence-corrected chi connectivity index (χ0v) is 16.4. The summed E-state index contributed by atoms with van der Waals surface area (Å²) in [6, 6.07) is 14.3. The second-order valence-electron chi connectivity index (χ2n) is 6.37. The highest BCUT2D eigenvalue weighted by atomic mass is 79.9. The third-order valence-electron chi connectivity index (χ3n) is 4.53. The van der Waals surface area contributed by atoms with E-state index >= 15 is 0 Å². The maximum atomic E-state index is 12.6. The van der Waals surface area contributed by atoms with Crippen LogP contribution in [0, 0.1) is 0 Å². The molecule has 0 spiro atoms. The van der Waals surface area contributed by atoms with Crippen LogP contribution in [0.2, 0.25) is 0 Å². The van der Waals surface area contributed by atoms with Crippen LogP contribution < -0.4 is 10.6 Å². The first kappa shape index (κ1) is 17.6. The highest BCUT2D eigenvalue weighted by Crippen LogP contribution is 2.25. The molecule has 5 nitrogen and oxygen atoms in total. The molecule has 1 fully saturated rings. The fourth-order valence-electron chi connectivity index (χ4n) is 3.10. The summed E-state index contributed by atoms with van der Waals surface area (Å²) in [7, 11) is 0. The van der Waals surface area contributed by atoms with Crippen molar-refractivity contribution in [1.29, 1.82) is 0 Å². The molecule has 1 saturated heterocycles. The monoisotopic (exact) mass is 430 g/mol. The molecule has 26 heavy (non-hydrogen) atoms. The van der Waals surface area contributed by atoms with Crippen LogP contribution in [-0.2, 0) is 11.3 Å². The average Bonchev–Trinajstić information content (AvgIpc) is 3.14. The fraction of sp³-hybridized carbons (Fsp3) is 0.263. The molecule has 3 N–H and O–H groups in total. The molecular weight excluding hydrogens is 412 g/mol. The number of fused-ring (bicyclic) bond motifs is 1. The van der Waals surface area contributed by atoms with E-state index in [4.69, 9.17) is 0 Å². The van der Waals surface area contributed by atoms with Gasteiger partial charge in [0.2, 0.25) is 5.91 Å². The quantitative estimate of drug-likeness (QED) is 0.593. The maximum absolute atomic E-state index is 12.6. The normalized spacial score (nSPS) is 20.2. The Morgan fingerprint density at radius 3 is 2.92 bits per heavy atom. The van der Waals surface area contributed by atoms with Crippen molar-refractivity contribution in [2.45, 2.75) is 18.6 Å². The number of aromatic nitrogens is 2. The molecule has 1 aromatic heterocycles. The van der Waals surface area contributed by atoms with Gasteiger partial charge in [0.25, 0.3) is 0 Å². The van der Waals surface area contributed by atoms with Gasteiger partial charge >= 0.3 is 0 Å². The number of amides is 1. The van der Waals surface area contributed by atoms with E-state index in [9.17, 15) is 4.79 Å². The van der Waals surface area contributed by atoms with Gasteiger partial charge in [-0.1, -0.05) is 34.1 Å². The van der Waals surface area contributed by atoms with Crippen LogP contribution in [0.15, 0.2) is 53.1 Å². The minimum Gasteiger partial charge on any atom is -0.351 e.